The summed E-state index contributed by atoms with van der Waals surface area (Å²) >= 11 is 1.79. The van der Waals surface area contributed by atoms with Gasteiger partial charge in [0, 0.05) is 17.7 Å². The molecule has 0 radical (unpaired) electrons. The van der Waals surface area contributed by atoms with Crippen molar-refractivity contribution in [1.29, 1.82) is 0 Å². The highest BCUT2D eigenvalue weighted by atomic mass is 32.2. The van der Waals surface area contributed by atoms with Gasteiger partial charge in [-0.1, -0.05) is 22.9 Å². The van der Waals surface area contributed by atoms with Gasteiger partial charge in [-0.3, -0.25) is 4.79 Å². The third kappa shape index (κ3) is 5.13. The molecular formula is C19H25NO3S. The number of hydrogen-bond donors (Lipinski definition) is 1. The Bertz CT molecular complexity index is 635. The smallest absolute Gasteiger partial charge is 0.168 e. The summed E-state index contributed by atoms with van der Waals surface area (Å²) < 4.78 is 0. The molecule has 0 bridgehead atoms. The number of allylic oxidation sites excluding steroid dienone is 2. The molecule has 24 heavy (non-hydrogen) atoms. The largest absolute Gasteiger partial charge is 0.511 e. The zero-order valence-electron chi connectivity index (χ0n) is 14.5. The number of aryl methyl sites for hydroxylation is 1. The normalized spacial score (nSPS) is 18.9. The van der Waals surface area contributed by atoms with Crippen LogP contribution in [0.4, 0.5) is 0 Å². The van der Waals surface area contributed by atoms with Crippen molar-refractivity contribution in [3.63, 3.8) is 0 Å². The average molecular weight is 347 g/mol. The Morgan fingerprint density at radius 3 is 2.67 bits per heavy atom. The first kappa shape index (κ1) is 18.6. The first-order chi connectivity index (χ1) is 11.5. The summed E-state index contributed by atoms with van der Waals surface area (Å²) in [6, 6.07) is 8.45. The van der Waals surface area contributed by atoms with Gasteiger partial charge in [-0.15, -0.1) is 11.8 Å². The average Bonchev–Trinajstić information content (AvgIpc) is 2.54. The van der Waals surface area contributed by atoms with Gasteiger partial charge in [0.2, 0.25) is 0 Å². The highest BCUT2D eigenvalue weighted by Gasteiger charge is 2.29. The summed E-state index contributed by atoms with van der Waals surface area (Å²) in [6.07, 6.45) is 1.91. The van der Waals surface area contributed by atoms with Crippen molar-refractivity contribution >= 4 is 23.3 Å². The van der Waals surface area contributed by atoms with E-state index in [-0.39, 0.29) is 17.5 Å². The molecule has 0 amide bonds. The predicted octanol–water partition coefficient (Wildman–Crippen LogP) is 4.68. The second-order valence-corrected chi connectivity index (χ2v) is 7.23. The van der Waals surface area contributed by atoms with Crippen molar-refractivity contribution in [2.24, 2.45) is 11.1 Å². The minimum atomic E-state index is -0.0370. The van der Waals surface area contributed by atoms with Crippen LogP contribution in [-0.4, -0.2) is 29.0 Å². The van der Waals surface area contributed by atoms with E-state index in [2.05, 4.69) is 36.3 Å². The number of aliphatic hydroxyl groups excluding tert-OH is 1. The lowest BCUT2D eigenvalue weighted by Crippen LogP contribution is -2.24. The number of thioether (sulfide) groups is 1. The first-order valence-electron chi connectivity index (χ1n) is 8.33. The second-order valence-electron chi connectivity index (χ2n) is 6.06. The van der Waals surface area contributed by atoms with Crippen LogP contribution in [0.25, 0.3) is 0 Å². The van der Waals surface area contributed by atoms with Crippen LogP contribution in [0.1, 0.15) is 38.7 Å². The number of carbonyl (C=O) groups is 1. The highest BCUT2D eigenvalue weighted by molar-refractivity contribution is 7.99. The standard InChI is InChI=1S/C19H25NO3S/c1-4-23-20-14(3)19-17(21)11-15(12-18(19)22)9-10-24-16-7-5-13(2)6-8-16/h5-8,15,21H,4,9-12H2,1-3H3. The van der Waals surface area contributed by atoms with Crippen LogP contribution < -0.4 is 0 Å². The van der Waals surface area contributed by atoms with E-state index in [0.717, 1.165) is 12.2 Å². The summed E-state index contributed by atoms with van der Waals surface area (Å²) in [7, 11) is 0. The Morgan fingerprint density at radius 1 is 1.33 bits per heavy atom. The van der Waals surface area contributed by atoms with Crippen molar-refractivity contribution in [1.82, 2.24) is 0 Å². The summed E-state index contributed by atoms with van der Waals surface area (Å²) in [6.45, 7) is 6.05. The Morgan fingerprint density at radius 2 is 2.04 bits per heavy atom. The van der Waals surface area contributed by atoms with Crippen molar-refractivity contribution in [2.75, 3.05) is 12.4 Å². The monoisotopic (exact) mass is 347 g/mol. The molecular weight excluding hydrogens is 322 g/mol. The summed E-state index contributed by atoms with van der Waals surface area (Å²) in [4.78, 5) is 18.5. The van der Waals surface area contributed by atoms with Gasteiger partial charge in [0.25, 0.3) is 0 Å². The minimum Gasteiger partial charge on any atom is -0.511 e. The molecule has 2 rings (SSSR count). The number of oxime groups is 1. The molecule has 5 heteroatoms. The quantitative estimate of drug-likeness (QED) is 0.442. The molecule has 1 aromatic carbocycles. The Kier molecular flexibility index (Phi) is 6.91. The van der Waals surface area contributed by atoms with Crippen molar-refractivity contribution in [2.45, 2.75) is 44.9 Å². The van der Waals surface area contributed by atoms with Crippen LogP contribution in [-0.2, 0) is 9.63 Å². The van der Waals surface area contributed by atoms with Gasteiger partial charge < -0.3 is 9.94 Å². The van der Waals surface area contributed by atoms with E-state index in [9.17, 15) is 9.90 Å². The SMILES string of the molecule is CCON=C(C)C1=C(O)CC(CCSc2ccc(C)cc2)CC1=O. The van der Waals surface area contributed by atoms with Crippen LogP contribution in [0, 0.1) is 12.8 Å². The lowest BCUT2D eigenvalue weighted by molar-refractivity contribution is -0.116. The van der Waals surface area contributed by atoms with E-state index < -0.39 is 0 Å². The fraction of sp³-hybridized carbons (Fsp3) is 0.474. The molecule has 1 N–H and O–H groups in total. The van der Waals surface area contributed by atoms with Crippen LogP contribution >= 0.6 is 11.8 Å². The van der Waals surface area contributed by atoms with Crippen LogP contribution in [0.2, 0.25) is 0 Å². The predicted molar refractivity (Wildman–Crippen MR) is 98.6 cm³/mol. The van der Waals surface area contributed by atoms with Gasteiger partial charge >= 0.3 is 0 Å². The van der Waals surface area contributed by atoms with Gasteiger partial charge in [0.15, 0.2) is 5.78 Å². The summed E-state index contributed by atoms with van der Waals surface area (Å²) in [5.74, 6) is 1.25. The van der Waals surface area contributed by atoms with E-state index in [0.29, 0.717) is 30.7 Å². The molecule has 0 saturated heterocycles. The third-order valence-corrected chi connectivity index (χ3v) is 5.08. The Balaban J connectivity index is 1.90. The highest BCUT2D eigenvalue weighted by Crippen LogP contribution is 2.31. The van der Waals surface area contributed by atoms with E-state index in [1.54, 1.807) is 18.7 Å². The maximum atomic E-state index is 12.3. The number of carbonyl (C=O) groups excluding carboxylic acids is 1. The molecule has 1 atom stereocenters. The lowest BCUT2D eigenvalue weighted by Gasteiger charge is -2.23. The van der Waals surface area contributed by atoms with E-state index in [1.807, 2.05) is 6.92 Å². The van der Waals surface area contributed by atoms with Crippen LogP contribution in [0.5, 0.6) is 0 Å². The summed E-state index contributed by atoms with van der Waals surface area (Å²) in [5.41, 5.74) is 2.06. The number of ketones is 1. The molecule has 1 aromatic rings. The van der Waals surface area contributed by atoms with E-state index >= 15 is 0 Å². The van der Waals surface area contributed by atoms with Gasteiger partial charge in [-0.05, 0) is 51.0 Å². The lowest BCUT2D eigenvalue weighted by atomic mass is 9.84. The molecule has 0 saturated carbocycles. The van der Waals surface area contributed by atoms with Crippen molar-refractivity contribution in [3.05, 3.63) is 41.2 Å². The number of rotatable bonds is 7. The fourth-order valence-corrected chi connectivity index (χ4v) is 3.79. The maximum Gasteiger partial charge on any atom is 0.168 e. The molecule has 0 aliphatic heterocycles. The van der Waals surface area contributed by atoms with Crippen LogP contribution in [0.3, 0.4) is 0 Å². The van der Waals surface area contributed by atoms with Gasteiger partial charge in [-0.2, -0.15) is 0 Å². The first-order valence-corrected chi connectivity index (χ1v) is 9.31. The number of Topliss-reactive ketones (excluding diaryl/α,β-unsaturated/α-hetero) is 1. The Hall–Kier alpha value is -1.75. The molecule has 130 valence electrons. The molecule has 1 aliphatic carbocycles. The van der Waals surface area contributed by atoms with Crippen molar-refractivity contribution < 1.29 is 14.7 Å². The summed E-state index contributed by atoms with van der Waals surface area (Å²) in [5, 5.41) is 14.1. The molecule has 1 unspecified atom stereocenters. The van der Waals surface area contributed by atoms with Gasteiger partial charge in [0.1, 0.15) is 12.4 Å². The van der Waals surface area contributed by atoms with Gasteiger partial charge in [-0.25, -0.2) is 0 Å². The second kappa shape index (κ2) is 8.92. The topological polar surface area (TPSA) is 58.9 Å². The van der Waals surface area contributed by atoms with Gasteiger partial charge in [0.05, 0.1) is 11.3 Å². The third-order valence-electron chi connectivity index (χ3n) is 4.03. The zero-order chi connectivity index (χ0) is 17.5. The number of hydrogen-bond acceptors (Lipinski definition) is 5. The van der Waals surface area contributed by atoms with Crippen molar-refractivity contribution in [3.8, 4) is 0 Å². The van der Waals surface area contributed by atoms with E-state index in [1.165, 1.54) is 10.5 Å². The molecule has 4 nitrogen and oxygen atoms in total. The maximum absolute atomic E-state index is 12.3. The number of aliphatic hydroxyl groups is 1. The molecule has 1 aliphatic rings. The van der Waals surface area contributed by atoms with Crippen LogP contribution in [0.15, 0.2) is 45.6 Å². The minimum absolute atomic E-state index is 0.0370. The molecule has 0 heterocycles. The molecule has 0 aromatic heterocycles. The fourth-order valence-electron chi connectivity index (χ4n) is 2.77. The van der Waals surface area contributed by atoms with E-state index in [4.69, 9.17) is 4.84 Å². The zero-order valence-corrected chi connectivity index (χ0v) is 15.4. The Labute approximate surface area is 148 Å². The number of nitrogens with zero attached hydrogens (tertiary/aromatic N) is 1. The molecule has 0 fully saturated rings. The number of benzene rings is 1. The molecule has 0 spiro atoms.